The lowest BCUT2D eigenvalue weighted by molar-refractivity contribution is -0.122. The first kappa shape index (κ1) is 11.7. The van der Waals surface area contributed by atoms with Gasteiger partial charge >= 0.3 is 0 Å². The summed E-state index contributed by atoms with van der Waals surface area (Å²) in [5.41, 5.74) is 0. The maximum Gasteiger partial charge on any atom is 0.220 e. The lowest BCUT2D eigenvalue weighted by Gasteiger charge is -2.11. The highest BCUT2D eigenvalue weighted by Gasteiger charge is 2.05. The second kappa shape index (κ2) is 7.37. The molecule has 0 saturated heterocycles. The predicted molar refractivity (Wildman–Crippen MR) is 49.4 cm³/mol. The molecule has 1 atom stereocenters. The zero-order chi connectivity index (χ0) is 9.40. The van der Waals surface area contributed by atoms with Gasteiger partial charge in [0, 0.05) is 25.5 Å². The maximum atomic E-state index is 11.1. The minimum Gasteiger partial charge on any atom is -0.383 e. The summed E-state index contributed by atoms with van der Waals surface area (Å²) in [6.07, 6.45) is 1.23. The normalized spacial score (nSPS) is 12.6. The molecule has 0 heterocycles. The second-order valence-electron chi connectivity index (χ2n) is 2.72. The third-order valence-corrected chi connectivity index (χ3v) is 1.63. The summed E-state index contributed by atoms with van der Waals surface area (Å²) in [4.78, 5) is 11.1. The van der Waals surface area contributed by atoms with Crippen LogP contribution in [0.1, 0.15) is 19.8 Å². The number of rotatable bonds is 6. The third-order valence-electron chi connectivity index (χ3n) is 1.36. The number of alkyl halides is 1. The van der Waals surface area contributed by atoms with Crippen molar-refractivity contribution >= 4 is 17.5 Å². The fourth-order valence-corrected chi connectivity index (χ4v) is 1.000. The molecule has 0 aromatic carbocycles. The molecule has 0 radical (unpaired) electrons. The molecule has 0 bridgehead atoms. The van der Waals surface area contributed by atoms with Crippen LogP contribution >= 0.6 is 11.6 Å². The molecule has 0 saturated carbocycles. The van der Waals surface area contributed by atoms with E-state index in [4.69, 9.17) is 16.3 Å². The van der Waals surface area contributed by atoms with Crippen LogP contribution in [-0.2, 0) is 9.53 Å². The van der Waals surface area contributed by atoms with Crippen LogP contribution < -0.4 is 5.32 Å². The Bertz CT molecular complexity index is 130. The van der Waals surface area contributed by atoms with Crippen molar-refractivity contribution in [3.8, 4) is 0 Å². The number of amides is 1. The van der Waals surface area contributed by atoms with Crippen LogP contribution in [0.25, 0.3) is 0 Å². The zero-order valence-corrected chi connectivity index (χ0v) is 8.36. The van der Waals surface area contributed by atoms with Crippen LogP contribution in [0, 0.1) is 0 Å². The van der Waals surface area contributed by atoms with Crippen LogP contribution in [0.3, 0.4) is 0 Å². The summed E-state index contributed by atoms with van der Waals surface area (Å²) in [5, 5.41) is 2.79. The Morgan fingerprint density at radius 3 is 2.83 bits per heavy atom. The van der Waals surface area contributed by atoms with Gasteiger partial charge in [-0.15, -0.1) is 11.6 Å². The van der Waals surface area contributed by atoms with Crippen molar-refractivity contribution in [2.45, 2.75) is 25.8 Å². The highest BCUT2D eigenvalue weighted by atomic mass is 35.5. The highest BCUT2D eigenvalue weighted by molar-refractivity contribution is 6.17. The first-order valence-electron chi connectivity index (χ1n) is 4.05. The van der Waals surface area contributed by atoms with E-state index in [-0.39, 0.29) is 11.9 Å². The van der Waals surface area contributed by atoms with E-state index in [1.807, 2.05) is 6.92 Å². The van der Waals surface area contributed by atoms with E-state index in [2.05, 4.69) is 5.32 Å². The van der Waals surface area contributed by atoms with Gasteiger partial charge in [0.1, 0.15) is 0 Å². The Morgan fingerprint density at radius 2 is 2.33 bits per heavy atom. The zero-order valence-electron chi connectivity index (χ0n) is 7.60. The number of methoxy groups -OCH3 is 1. The van der Waals surface area contributed by atoms with Gasteiger partial charge in [0.25, 0.3) is 0 Å². The summed E-state index contributed by atoms with van der Waals surface area (Å²) >= 11 is 5.44. The third kappa shape index (κ3) is 6.43. The summed E-state index contributed by atoms with van der Waals surface area (Å²) in [6.45, 7) is 2.45. The van der Waals surface area contributed by atoms with E-state index in [9.17, 15) is 4.79 Å². The molecule has 12 heavy (non-hydrogen) atoms. The van der Waals surface area contributed by atoms with Crippen molar-refractivity contribution in [3.63, 3.8) is 0 Å². The number of nitrogens with one attached hydrogen (secondary N) is 1. The van der Waals surface area contributed by atoms with Crippen LogP contribution in [-0.4, -0.2) is 31.5 Å². The molecule has 0 spiro atoms. The fourth-order valence-electron chi connectivity index (χ4n) is 0.866. The molecule has 4 heteroatoms. The van der Waals surface area contributed by atoms with E-state index < -0.39 is 0 Å². The molecule has 3 nitrogen and oxygen atoms in total. The molecule has 0 aliphatic rings. The topological polar surface area (TPSA) is 38.3 Å². The lowest BCUT2D eigenvalue weighted by Crippen LogP contribution is -2.35. The first-order valence-corrected chi connectivity index (χ1v) is 4.58. The average molecular weight is 194 g/mol. The summed E-state index contributed by atoms with van der Waals surface area (Å²) in [5.74, 6) is 0.576. The Morgan fingerprint density at radius 1 is 1.67 bits per heavy atom. The Balaban J connectivity index is 3.40. The van der Waals surface area contributed by atoms with Gasteiger partial charge in [0.05, 0.1) is 6.61 Å². The Kier molecular flexibility index (Phi) is 7.20. The SMILES string of the molecule is COCC(C)NC(=O)CCCCl. The Labute approximate surface area is 78.4 Å². The molecule has 1 N–H and O–H groups in total. The number of halogens is 1. The molecule has 0 fully saturated rings. The summed E-state index contributed by atoms with van der Waals surface area (Å²) < 4.78 is 4.87. The first-order chi connectivity index (χ1) is 5.70. The summed E-state index contributed by atoms with van der Waals surface area (Å²) in [7, 11) is 1.61. The van der Waals surface area contributed by atoms with Crippen molar-refractivity contribution in [2.75, 3.05) is 19.6 Å². The second-order valence-corrected chi connectivity index (χ2v) is 3.09. The highest BCUT2D eigenvalue weighted by Crippen LogP contribution is 1.92. The lowest BCUT2D eigenvalue weighted by atomic mass is 10.3. The minimum absolute atomic E-state index is 0.0419. The van der Waals surface area contributed by atoms with Crippen molar-refractivity contribution in [2.24, 2.45) is 0 Å². The average Bonchev–Trinajstić information content (AvgIpc) is 2.01. The van der Waals surface area contributed by atoms with Gasteiger partial charge in [-0.25, -0.2) is 0 Å². The molecule has 0 aromatic rings. The van der Waals surface area contributed by atoms with Gasteiger partial charge in [-0.1, -0.05) is 0 Å². The van der Waals surface area contributed by atoms with E-state index in [0.29, 0.717) is 18.9 Å². The van der Waals surface area contributed by atoms with E-state index in [1.165, 1.54) is 0 Å². The number of ether oxygens (including phenoxy) is 1. The van der Waals surface area contributed by atoms with Gasteiger partial charge in [-0.05, 0) is 13.3 Å². The van der Waals surface area contributed by atoms with E-state index in [1.54, 1.807) is 7.11 Å². The van der Waals surface area contributed by atoms with Crippen molar-refractivity contribution in [1.29, 1.82) is 0 Å². The van der Waals surface area contributed by atoms with Crippen molar-refractivity contribution in [1.82, 2.24) is 5.32 Å². The van der Waals surface area contributed by atoms with Gasteiger partial charge in [-0.3, -0.25) is 4.79 Å². The minimum atomic E-state index is 0.0419. The molecule has 0 aromatic heterocycles. The predicted octanol–water partition coefficient (Wildman–Crippen LogP) is 1.16. The largest absolute Gasteiger partial charge is 0.383 e. The molecule has 0 aliphatic heterocycles. The number of hydrogen-bond donors (Lipinski definition) is 1. The van der Waals surface area contributed by atoms with E-state index in [0.717, 1.165) is 6.42 Å². The van der Waals surface area contributed by atoms with Gasteiger partial charge < -0.3 is 10.1 Å². The summed E-state index contributed by atoms with van der Waals surface area (Å²) in [6, 6.07) is 0.0813. The van der Waals surface area contributed by atoms with Crippen LogP contribution in [0.2, 0.25) is 0 Å². The number of carbonyl (C=O) groups is 1. The van der Waals surface area contributed by atoms with Crippen LogP contribution in [0.5, 0.6) is 0 Å². The molecule has 72 valence electrons. The Hall–Kier alpha value is -0.280. The van der Waals surface area contributed by atoms with Gasteiger partial charge in [-0.2, -0.15) is 0 Å². The van der Waals surface area contributed by atoms with E-state index >= 15 is 0 Å². The molecule has 1 unspecified atom stereocenters. The monoisotopic (exact) mass is 193 g/mol. The van der Waals surface area contributed by atoms with Crippen LogP contribution in [0.15, 0.2) is 0 Å². The fraction of sp³-hybridized carbons (Fsp3) is 0.875. The van der Waals surface area contributed by atoms with Gasteiger partial charge in [0.2, 0.25) is 5.91 Å². The quantitative estimate of drug-likeness (QED) is 0.643. The molecule has 0 aliphatic carbocycles. The number of carbonyl (C=O) groups excluding carboxylic acids is 1. The molecular formula is C8H16ClNO2. The molecular weight excluding hydrogens is 178 g/mol. The van der Waals surface area contributed by atoms with Crippen LogP contribution in [0.4, 0.5) is 0 Å². The maximum absolute atomic E-state index is 11.1. The number of hydrogen-bond acceptors (Lipinski definition) is 2. The van der Waals surface area contributed by atoms with Crippen molar-refractivity contribution < 1.29 is 9.53 Å². The molecule has 0 rings (SSSR count). The molecule has 1 amide bonds. The van der Waals surface area contributed by atoms with Crippen molar-refractivity contribution in [3.05, 3.63) is 0 Å². The van der Waals surface area contributed by atoms with Gasteiger partial charge in [0.15, 0.2) is 0 Å². The smallest absolute Gasteiger partial charge is 0.220 e. The standard InChI is InChI=1S/C8H16ClNO2/c1-7(6-12-2)10-8(11)4-3-5-9/h7H,3-6H2,1-2H3,(H,10,11).